The van der Waals surface area contributed by atoms with E-state index >= 15 is 0 Å². The Morgan fingerprint density at radius 1 is 1.17 bits per heavy atom. The Bertz CT molecular complexity index is 903. The van der Waals surface area contributed by atoms with Gasteiger partial charge >= 0.3 is 0 Å². The van der Waals surface area contributed by atoms with Crippen LogP contribution in [-0.2, 0) is 6.54 Å². The summed E-state index contributed by atoms with van der Waals surface area (Å²) in [5.41, 5.74) is 8.14. The van der Waals surface area contributed by atoms with E-state index in [1.807, 2.05) is 47.4 Å². The van der Waals surface area contributed by atoms with Crippen molar-refractivity contribution in [2.45, 2.75) is 25.4 Å². The van der Waals surface area contributed by atoms with Gasteiger partial charge in [-0.3, -0.25) is 4.79 Å². The van der Waals surface area contributed by atoms with E-state index in [9.17, 15) is 4.79 Å². The van der Waals surface area contributed by atoms with Crippen molar-refractivity contribution < 1.29 is 14.3 Å². The summed E-state index contributed by atoms with van der Waals surface area (Å²) in [5.74, 6) is 1.57. The number of amides is 1. The van der Waals surface area contributed by atoms with Gasteiger partial charge in [-0.15, -0.1) is 0 Å². The van der Waals surface area contributed by atoms with Crippen molar-refractivity contribution in [2.75, 3.05) is 25.2 Å². The van der Waals surface area contributed by atoms with E-state index in [1.54, 1.807) is 0 Å². The van der Waals surface area contributed by atoms with Gasteiger partial charge < -0.3 is 30.7 Å². The second-order valence-corrected chi connectivity index (χ2v) is 7.66. The minimum absolute atomic E-state index is 0.0519. The monoisotopic (exact) mass is 412 g/mol. The summed E-state index contributed by atoms with van der Waals surface area (Å²) in [6.45, 7) is 2.24. The summed E-state index contributed by atoms with van der Waals surface area (Å²) < 4.78 is 10.8. The van der Waals surface area contributed by atoms with Crippen LogP contribution < -0.4 is 25.8 Å². The number of ether oxygens (including phenoxy) is 2. The second-order valence-electron chi connectivity index (χ2n) is 7.22. The standard InChI is InChI=1S/C21H24N4O3S/c22-21(29)23-11-14-3-5-15(6-4-14)20(26)25-9-1-2-17(12-25)24-16-7-8-18-19(10-16)28-13-27-18/h3-8,10,17,24H,1-2,9,11-13H2,(H3,22,23,29). The molecule has 0 aliphatic carbocycles. The Morgan fingerprint density at radius 2 is 1.97 bits per heavy atom. The number of hydrogen-bond acceptors (Lipinski definition) is 5. The molecule has 2 aromatic carbocycles. The van der Waals surface area contributed by atoms with E-state index in [-0.39, 0.29) is 23.9 Å². The third kappa shape index (κ3) is 4.71. The summed E-state index contributed by atoms with van der Waals surface area (Å²) in [4.78, 5) is 14.8. The first-order chi connectivity index (χ1) is 14.1. The van der Waals surface area contributed by atoms with Crippen LogP contribution in [0.1, 0.15) is 28.8 Å². The van der Waals surface area contributed by atoms with Gasteiger partial charge in [0.2, 0.25) is 6.79 Å². The molecule has 1 amide bonds. The maximum atomic E-state index is 12.9. The number of anilines is 1. The number of carbonyl (C=O) groups is 1. The first-order valence-electron chi connectivity index (χ1n) is 9.66. The molecule has 152 valence electrons. The van der Waals surface area contributed by atoms with E-state index < -0.39 is 0 Å². The minimum Gasteiger partial charge on any atom is -0.454 e. The molecule has 0 saturated carbocycles. The molecule has 4 rings (SSSR count). The van der Waals surface area contributed by atoms with E-state index in [4.69, 9.17) is 27.4 Å². The third-order valence-electron chi connectivity index (χ3n) is 5.12. The molecule has 4 N–H and O–H groups in total. The van der Waals surface area contributed by atoms with E-state index in [0.717, 1.165) is 42.1 Å². The number of carbonyl (C=O) groups excluding carboxylic acids is 1. The zero-order valence-electron chi connectivity index (χ0n) is 16.0. The van der Waals surface area contributed by atoms with Gasteiger partial charge in [-0.05, 0) is 54.9 Å². The Hall–Kier alpha value is -3.00. The first-order valence-corrected chi connectivity index (χ1v) is 10.1. The molecule has 7 nitrogen and oxygen atoms in total. The topological polar surface area (TPSA) is 88.9 Å². The van der Waals surface area contributed by atoms with Crippen molar-refractivity contribution in [1.82, 2.24) is 10.2 Å². The predicted octanol–water partition coefficient (Wildman–Crippen LogP) is 2.47. The van der Waals surface area contributed by atoms with Crippen LogP contribution in [0.4, 0.5) is 5.69 Å². The molecule has 29 heavy (non-hydrogen) atoms. The third-order valence-corrected chi connectivity index (χ3v) is 5.26. The zero-order valence-corrected chi connectivity index (χ0v) is 16.8. The van der Waals surface area contributed by atoms with Gasteiger partial charge in [-0.1, -0.05) is 12.1 Å². The van der Waals surface area contributed by atoms with Crippen LogP contribution in [0.5, 0.6) is 11.5 Å². The number of thiocarbonyl (C=S) groups is 1. The molecule has 1 fully saturated rings. The quantitative estimate of drug-likeness (QED) is 0.650. The van der Waals surface area contributed by atoms with Gasteiger partial charge in [0, 0.05) is 43.0 Å². The molecule has 1 unspecified atom stereocenters. The van der Waals surface area contributed by atoms with Crippen molar-refractivity contribution >= 4 is 28.9 Å². The average molecular weight is 413 g/mol. The van der Waals surface area contributed by atoms with Gasteiger partial charge in [0.15, 0.2) is 16.6 Å². The summed E-state index contributed by atoms with van der Waals surface area (Å²) in [6, 6.07) is 13.6. The molecule has 2 heterocycles. The van der Waals surface area contributed by atoms with Crippen molar-refractivity contribution in [3.05, 3.63) is 53.6 Å². The van der Waals surface area contributed by atoms with Crippen molar-refractivity contribution in [1.29, 1.82) is 0 Å². The van der Waals surface area contributed by atoms with Crippen LogP contribution in [-0.4, -0.2) is 41.8 Å². The molecule has 2 aliphatic heterocycles. The van der Waals surface area contributed by atoms with Crippen molar-refractivity contribution in [3.8, 4) is 11.5 Å². The number of nitrogens with one attached hydrogen (secondary N) is 2. The average Bonchev–Trinajstić information content (AvgIpc) is 3.20. The number of nitrogens with two attached hydrogens (primary N) is 1. The molecule has 2 aliphatic rings. The molecule has 0 aromatic heterocycles. The Morgan fingerprint density at radius 3 is 2.76 bits per heavy atom. The maximum absolute atomic E-state index is 12.9. The largest absolute Gasteiger partial charge is 0.454 e. The van der Waals surface area contributed by atoms with Crippen LogP contribution in [0.2, 0.25) is 0 Å². The lowest BCUT2D eigenvalue weighted by Crippen LogP contribution is -2.45. The highest BCUT2D eigenvalue weighted by atomic mass is 32.1. The fourth-order valence-electron chi connectivity index (χ4n) is 3.64. The lowest BCUT2D eigenvalue weighted by Gasteiger charge is -2.34. The van der Waals surface area contributed by atoms with Crippen LogP contribution in [0.3, 0.4) is 0 Å². The predicted molar refractivity (Wildman–Crippen MR) is 115 cm³/mol. The van der Waals surface area contributed by atoms with E-state index in [0.29, 0.717) is 18.7 Å². The lowest BCUT2D eigenvalue weighted by atomic mass is 10.0. The smallest absolute Gasteiger partial charge is 0.253 e. The van der Waals surface area contributed by atoms with Crippen LogP contribution in [0, 0.1) is 0 Å². The molecular formula is C21H24N4O3S. The fourth-order valence-corrected chi connectivity index (χ4v) is 3.71. The SMILES string of the molecule is NC(=S)NCc1ccc(C(=O)N2CCCC(Nc3ccc4c(c3)OCO4)C2)cc1. The molecule has 0 spiro atoms. The number of piperidine rings is 1. The number of benzene rings is 2. The summed E-state index contributed by atoms with van der Waals surface area (Å²) in [7, 11) is 0. The van der Waals surface area contributed by atoms with Crippen molar-refractivity contribution in [2.24, 2.45) is 5.73 Å². The van der Waals surface area contributed by atoms with E-state index in [2.05, 4.69) is 10.6 Å². The second kappa shape index (κ2) is 8.57. The summed E-state index contributed by atoms with van der Waals surface area (Å²) in [6.07, 6.45) is 1.98. The van der Waals surface area contributed by atoms with Gasteiger partial charge in [0.25, 0.3) is 5.91 Å². The van der Waals surface area contributed by atoms with Crippen molar-refractivity contribution in [3.63, 3.8) is 0 Å². The Balaban J connectivity index is 1.36. The Labute approximate surface area is 175 Å². The highest BCUT2D eigenvalue weighted by Crippen LogP contribution is 2.34. The first kappa shape index (κ1) is 19.3. The van der Waals surface area contributed by atoms with E-state index in [1.165, 1.54) is 0 Å². The molecule has 2 aromatic rings. The van der Waals surface area contributed by atoms with Gasteiger partial charge in [0.05, 0.1) is 0 Å². The summed E-state index contributed by atoms with van der Waals surface area (Å²) in [5, 5.41) is 6.69. The molecule has 8 heteroatoms. The highest BCUT2D eigenvalue weighted by Gasteiger charge is 2.25. The fraction of sp³-hybridized carbons (Fsp3) is 0.333. The number of fused-ring (bicyclic) bond motifs is 1. The van der Waals surface area contributed by atoms with Crippen LogP contribution in [0.15, 0.2) is 42.5 Å². The summed E-state index contributed by atoms with van der Waals surface area (Å²) >= 11 is 4.82. The zero-order chi connectivity index (χ0) is 20.2. The van der Waals surface area contributed by atoms with Gasteiger partial charge in [-0.25, -0.2) is 0 Å². The molecule has 1 atom stereocenters. The Kier molecular flexibility index (Phi) is 5.71. The molecule has 1 saturated heterocycles. The maximum Gasteiger partial charge on any atom is 0.253 e. The minimum atomic E-state index is 0.0519. The number of likely N-dealkylation sites (tertiary alicyclic amines) is 1. The van der Waals surface area contributed by atoms with Gasteiger partial charge in [-0.2, -0.15) is 0 Å². The van der Waals surface area contributed by atoms with Crippen LogP contribution in [0.25, 0.3) is 0 Å². The van der Waals surface area contributed by atoms with Gasteiger partial charge in [0.1, 0.15) is 0 Å². The highest BCUT2D eigenvalue weighted by molar-refractivity contribution is 7.80. The molecular weight excluding hydrogens is 388 g/mol. The normalized spacial score (nSPS) is 17.7. The number of rotatable bonds is 5. The molecule has 0 bridgehead atoms. The number of nitrogens with zero attached hydrogens (tertiary/aromatic N) is 1. The number of hydrogen-bond donors (Lipinski definition) is 3. The van der Waals surface area contributed by atoms with Crippen LogP contribution >= 0.6 is 12.2 Å². The molecule has 0 radical (unpaired) electrons. The lowest BCUT2D eigenvalue weighted by molar-refractivity contribution is 0.0715.